The Morgan fingerprint density at radius 2 is 2.00 bits per heavy atom. The molecule has 1 aliphatic carbocycles. The Morgan fingerprint density at radius 1 is 1.29 bits per heavy atom. The average molecular weight is 343 g/mol. The van der Waals surface area contributed by atoms with Crippen LogP contribution in [0.2, 0.25) is 0 Å². The summed E-state index contributed by atoms with van der Waals surface area (Å²) in [6, 6.07) is -1.42. The summed E-state index contributed by atoms with van der Waals surface area (Å²) in [4.78, 5) is 34.8. The minimum atomic E-state index is -1.26. The van der Waals surface area contributed by atoms with Gasteiger partial charge in [0.25, 0.3) is 5.91 Å². The number of carbonyl (C=O) groups is 3. The molecule has 0 aromatic heterocycles. The molecular formula is C14H23N4O6+. The van der Waals surface area contributed by atoms with Gasteiger partial charge in [0, 0.05) is 18.4 Å². The molecule has 0 bridgehead atoms. The molecule has 2 aliphatic rings. The molecule has 0 radical (unpaired) electrons. The molecule has 0 aromatic rings. The molecule has 10 heteroatoms. The van der Waals surface area contributed by atoms with Gasteiger partial charge < -0.3 is 37.0 Å². The van der Waals surface area contributed by atoms with Gasteiger partial charge in [-0.05, 0) is 0 Å². The third kappa shape index (κ3) is 4.51. The van der Waals surface area contributed by atoms with Crippen molar-refractivity contribution >= 4 is 17.7 Å². The smallest absolute Gasteiger partial charge is 0.278 e. The van der Waals surface area contributed by atoms with Gasteiger partial charge in [0.1, 0.15) is 18.8 Å². The summed E-state index contributed by atoms with van der Waals surface area (Å²) in [5, 5.41) is 35.9. The van der Waals surface area contributed by atoms with Crippen LogP contribution in [-0.4, -0.2) is 76.5 Å². The molecule has 3 amide bonds. The highest BCUT2D eigenvalue weighted by atomic mass is 16.3. The first-order chi connectivity index (χ1) is 11.3. The maximum Gasteiger partial charge on any atom is 0.278 e. The van der Waals surface area contributed by atoms with E-state index in [0.717, 1.165) is 0 Å². The van der Waals surface area contributed by atoms with Crippen LogP contribution in [0, 0.1) is 0 Å². The van der Waals surface area contributed by atoms with Crippen LogP contribution in [0.25, 0.3) is 0 Å². The highest BCUT2D eigenvalue weighted by molar-refractivity contribution is 5.96. The maximum absolute atomic E-state index is 12.2. The summed E-state index contributed by atoms with van der Waals surface area (Å²) in [5.74, 6) is -1.69. The third-order valence-corrected chi connectivity index (χ3v) is 4.15. The minimum Gasteiger partial charge on any atom is -0.390 e. The van der Waals surface area contributed by atoms with Gasteiger partial charge in [-0.25, -0.2) is 0 Å². The summed E-state index contributed by atoms with van der Waals surface area (Å²) in [6.45, 7) is 0.0747. The lowest BCUT2D eigenvalue weighted by molar-refractivity contribution is -0.659. The van der Waals surface area contributed by atoms with Crippen molar-refractivity contribution in [1.29, 1.82) is 0 Å². The maximum atomic E-state index is 12.2. The van der Waals surface area contributed by atoms with Crippen molar-refractivity contribution in [3.05, 3.63) is 11.6 Å². The molecule has 0 spiro atoms. The molecule has 1 saturated heterocycles. The molecule has 1 fully saturated rings. The van der Waals surface area contributed by atoms with Gasteiger partial charge in [0.15, 0.2) is 6.04 Å². The highest BCUT2D eigenvalue weighted by Crippen LogP contribution is 2.20. The Kier molecular flexibility index (Phi) is 5.89. The zero-order valence-corrected chi connectivity index (χ0v) is 13.0. The molecule has 24 heavy (non-hydrogen) atoms. The fourth-order valence-electron chi connectivity index (χ4n) is 2.84. The zero-order chi connectivity index (χ0) is 17.9. The number of nitrogens with two attached hydrogens (primary N) is 2. The van der Waals surface area contributed by atoms with Gasteiger partial charge in [-0.3, -0.25) is 14.4 Å². The van der Waals surface area contributed by atoms with Crippen LogP contribution in [0.1, 0.15) is 12.8 Å². The van der Waals surface area contributed by atoms with Crippen molar-refractivity contribution in [2.45, 2.75) is 43.2 Å². The van der Waals surface area contributed by atoms with Gasteiger partial charge in [-0.1, -0.05) is 6.08 Å². The van der Waals surface area contributed by atoms with Crippen molar-refractivity contribution < 1.29 is 35.0 Å². The van der Waals surface area contributed by atoms with Crippen molar-refractivity contribution in [3.63, 3.8) is 0 Å². The number of quaternary nitrogens is 1. The summed E-state index contributed by atoms with van der Waals surface area (Å²) in [7, 11) is 0. The van der Waals surface area contributed by atoms with Gasteiger partial charge in [0.2, 0.25) is 11.8 Å². The van der Waals surface area contributed by atoms with Crippen LogP contribution < -0.4 is 21.7 Å². The number of primary amides is 1. The Balaban J connectivity index is 2.03. The second-order valence-electron chi connectivity index (χ2n) is 6.10. The van der Waals surface area contributed by atoms with E-state index in [9.17, 15) is 29.7 Å². The van der Waals surface area contributed by atoms with Gasteiger partial charge in [-0.15, -0.1) is 0 Å². The Morgan fingerprint density at radius 3 is 2.58 bits per heavy atom. The summed E-state index contributed by atoms with van der Waals surface area (Å²) >= 11 is 0. The predicted molar refractivity (Wildman–Crippen MR) is 80.1 cm³/mol. The number of aliphatic hydroxyl groups excluding tert-OH is 3. The first-order valence-corrected chi connectivity index (χ1v) is 7.73. The van der Waals surface area contributed by atoms with Crippen LogP contribution in [0.5, 0.6) is 0 Å². The molecule has 134 valence electrons. The number of nitrogens with one attached hydrogen (secondary N) is 2. The monoisotopic (exact) mass is 343 g/mol. The van der Waals surface area contributed by atoms with Crippen molar-refractivity contribution in [2.24, 2.45) is 5.73 Å². The minimum absolute atomic E-state index is 0.105. The fourth-order valence-corrected chi connectivity index (χ4v) is 2.84. The second-order valence-corrected chi connectivity index (χ2v) is 6.10. The van der Waals surface area contributed by atoms with Gasteiger partial charge in [0.05, 0.1) is 18.7 Å². The molecule has 0 unspecified atom stereocenters. The Bertz CT molecular complexity index is 551. The van der Waals surface area contributed by atoms with Crippen molar-refractivity contribution in [2.75, 3.05) is 13.1 Å². The van der Waals surface area contributed by atoms with Crippen LogP contribution in [0.15, 0.2) is 11.6 Å². The fraction of sp³-hybridized carbons (Fsp3) is 0.643. The van der Waals surface area contributed by atoms with E-state index >= 15 is 0 Å². The standard InChI is InChI=1S/C14H22N4O6/c15-11(21)5-17-13(23)6-1-8(12(22)10(20)2-6)18-14(24)9-3-7(19)4-16-9/h1,7-10,12,16,19-20,22H,2-5H2,(H2,15,21)(H,17,23)(H,18,24)/p+1/t7-,8-,9+,10-,12-/m1/s1. The first-order valence-electron chi connectivity index (χ1n) is 7.73. The third-order valence-electron chi connectivity index (χ3n) is 4.15. The number of amides is 3. The van der Waals surface area contributed by atoms with Crippen molar-refractivity contribution in [3.8, 4) is 0 Å². The van der Waals surface area contributed by atoms with Crippen LogP contribution in [0.4, 0.5) is 0 Å². The van der Waals surface area contributed by atoms with E-state index in [1.54, 1.807) is 5.32 Å². The molecule has 0 aromatic carbocycles. The molecular weight excluding hydrogens is 320 g/mol. The lowest BCUT2D eigenvalue weighted by Gasteiger charge is -2.31. The number of hydrogen-bond acceptors (Lipinski definition) is 6. The van der Waals surface area contributed by atoms with Crippen LogP contribution in [-0.2, 0) is 14.4 Å². The number of carbonyl (C=O) groups excluding carboxylic acids is 3. The molecule has 1 heterocycles. The lowest BCUT2D eigenvalue weighted by Crippen LogP contribution is -2.90. The second kappa shape index (κ2) is 7.71. The summed E-state index contributed by atoms with van der Waals surface area (Å²) in [6.07, 6.45) is -1.50. The van der Waals surface area contributed by atoms with Crippen LogP contribution >= 0.6 is 0 Å². The molecule has 10 nitrogen and oxygen atoms in total. The number of rotatable bonds is 5. The van der Waals surface area contributed by atoms with Gasteiger partial charge >= 0.3 is 0 Å². The molecule has 9 N–H and O–H groups in total. The summed E-state index contributed by atoms with van der Waals surface area (Å²) < 4.78 is 0. The van der Waals surface area contributed by atoms with Crippen LogP contribution in [0.3, 0.4) is 0 Å². The SMILES string of the molecule is NC(=O)CNC(=O)C1=C[C@@H](NC(=O)[C@@H]2C[C@@H](O)C[NH2+]2)[C@@H](O)[C@H](O)C1. The van der Waals surface area contributed by atoms with E-state index < -0.39 is 48.1 Å². The quantitative estimate of drug-likeness (QED) is 0.262. The first kappa shape index (κ1) is 18.3. The highest BCUT2D eigenvalue weighted by Gasteiger charge is 2.37. The Hall–Kier alpha value is -2.01. The largest absolute Gasteiger partial charge is 0.390 e. The van der Waals surface area contributed by atoms with E-state index in [2.05, 4.69) is 10.6 Å². The zero-order valence-electron chi connectivity index (χ0n) is 13.0. The molecule has 1 aliphatic heterocycles. The van der Waals surface area contributed by atoms with E-state index in [0.29, 0.717) is 13.0 Å². The number of hydrogen-bond donors (Lipinski definition) is 7. The topological polar surface area (TPSA) is 179 Å². The lowest BCUT2D eigenvalue weighted by atomic mass is 9.89. The van der Waals surface area contributed by atoms with Crippen molar-refractivity contribution in [1.82, 2.24) is 10.6 Å². The average Bonchev–Trinajstić information content (AvgIpc) is 2.95. The van der Waals surface area contributed by atoms with E-state index in [4.69, 9.17) is 5.73 Å². The molecule has 5 atom stereocenters. The Labute approximate surface area is 138 Å². The summed E-state index contributed by atoms with van der Waals surface area (Å²) in [5.41, 5.74) is 5.10. The number of aliphatic hydroxyl groups is 3. The van der Waals surface area contributed by atoms with E-state index in [-0.39, 0.29) is 18.5 Å². The van der Waals surface area contributed by atoms with Gasteiger partial charge in [-0.2, -0.15) is 0 Å². The molecule has 2 rings (SSSR count). The molecule has 0 saturated carbocycles. The van der Waals surface area contributed by atoms with E-state index in [1.165, 1.54) is 6.08 Å². The van der Waals surface area contributed by atoms with E-state index in [1.807, 2.05) is 0 Å². The predicted octanol–water partition coefficient (Wildman–Crippen LogP) is -5.18. The normalized spacial score (nSPS) is 32.8.